The monoisotopic (exact) mass is 292 g/mol. The van der Waals surface area contributed by atoms with E-state index in [9.17, 15) is 0 Å². The van der Waals surface area contributed by atoms with Gasteiger partial charge in [0.05, 0.1) is 6.54 Å². The molecular formula is C14H24N6O. The zero-order valence-corrected chi connectivity index (χ0v) is 13.0. The Morgan fingerprint density at radius 1 is 1.48 bits per heavy atom. The van der Waals surface area contributed by atoms with Crippen molar-refractivity contribution in [2.75, 3.05) is 14.2 Å². The van der Waals surface area contributed by atoms with Crippen molar-refractivity contribution in [1.29, 1.82) is 0 Å². The first-order chi connectivity index (χ1) is 10.2. The van der Waals surface area contributed by atoms with Crippen LogP contribution in [0.4, 0.5) is 0 Å². The standard InChI is InChI=1S/C14H24N6O/c1-9-6-11(9)17-14(15-2)16-10-4-5-13-18-12(8-21-3)19-20(13)7-10/h9-11H,4-8H2,1-3H3,(H2,15,16,17). The van der Waals surface area contributed by atoms with Gasteiger partial charge in [-0.25, -0.2) is 9.67 Å². The molecule has 7 heteroatoms. The van der Waals surface area contributed by atoms with Gasteiger partial charge in [-0.05, 0) is 18.8 Å². The molecular weight excluding hydrogens is 268 g/mol. The van der Waals surface area contributed by atoms with Gasteiger partial charge in [0.1, 0.15) is 12.4 Å². The second-order valence-corrected chi connectivity index (χ2v) is 5.98. The molecule has 3 rings (SSSR count). The summed E-state index contributed by atoms with van der Waals surface area (Å²) in [5, 5.41) is 11.4. The van der Waals surface area contributed by atoms with Crippen molar-refractivity contribution in [3.63, 3.8) is 0 Å². The quantitative estimate of drug-likeness (QED) is 0.617. The second kappa shape index (κ2) is 6.01. The maximum Gasteiger partial charge on any atom is 0.191 e. The minimum Gasteiger partial charge on any atom is -0.377 e. The molecule has 1 aliphatic carbocycles. The Kier molecular flexibility index (Phi) is 4.10. The van der Waals surface area contributed by atoms with Gasteiger partial charge in [-0.2, -0.15) is 5.10 Å². The molecule has 1 aromatic rings. The highest BCUT2D eigenvalue weighted by Gasteiger charge is 2.33. The third-order valence-electron chi connectivity index (χ3n) is 4.17. The number of rotatable bonds is 4. The van der Waals surface area contributed by atoms with Crippen molar-refractivity contribution in [2.24, 2.45) is 10.9 Å². The fourth-order valence-electron chi connectivity index (χ4n) is 2.73. The Morgan fingerprint density at radius 3 is 2.95 bits per heavy atom. The summed E-state index contributed by atoms with van der Waals surface area (Å²) >= 11 is 0. The molecule has 1 fully saturated rings. The van der Waals surface area contributed by atoms with Crippen molar-refractivity contribution in [3.05, 3.63) is 11.6 Å². The molecule has 2 aliphatic rings. The number of aliphatic imine (C=N–C) groups is 1. The number of hydrogen-bond donors (Lipinski definition) is 2. The van der Waals surface area contributed by atoms with E-state index in [0.29, 0.717) is 18.7 Å². The number of aromatic nitrogens is 3. The van der Waals surface area contributed by atoms with Gasteiger partial charge < -0.3 is 15.4 Å². The third-order valence-corrected chi connectivity index (χ3v) is 4.17. The smallest absolute Gasteiger partial charge is 0.191 e. The van der Waals surface area contributed by atoms with Crippen molar-refractivity contribution < 1.29 is 4.74 Å². The summed E-state index contributed by atoms with van der Waals surface area (Å²) in [6.45, 7) is 3.55. The van der Waals surface area contributed by atoms with Crippen LogP contribution in [0.5, 0.6) is 0 Å². The van der Waals surface area contributed by atoms with E-state index in [2.05, 4.69) is 32.6 Å². The molecule has 2 N–H and O–H groups in total. The molecule has 3 atom stereocenters. The molecule has 1 aromatic heterocycles. The number of hydrogen-bond acceptors (Lipinski definition) is 4. The van der Waals surface area contributed by atoms with Gasteiger partial charge in [0, 0.05) is 32.7 Å². The van der Waals surface area contributed by atoms with Gasteiger partial charge in [0.2, 0.25) is 0 Å². The van der Waals surface area contributed by atoms with Crippen LogP contribution in [0.15, 0.2) is 4.99 Å². The summed E-state index contributed by atoms with van der Waals surface area (Å²) in [7, 11) is 3.49. The van der Waals surface area contributed by atoms with E-state index in [1.54, 1.807) is 7.11 Å². The van der Waals surface area contributed by atoms with Crippen LogP contribution in [-0.4, -0.2) is 47.0 Å². The maximum atomic E-state index is 5.09. The Bertz CT molecular complexity index is 526. The Hall–Kier alpha value is -1.63. The van der Waals surface area contributed by atoms with Gasteiger partial charge >= 0.3 is 0 Å². The molecule has 7 nitrogen and oxygen atoms in total. The molecule has 0 bridgehead atoms. The molecule has 0 amide bonds. The van der Waals surface area contributed by atoms with Gasteiger partial charge in [0.25, 0.3) is 0 Å². The predicted octanol–water partition coefficient (Wildman–Crippen LogP) is 0.313. The van der Waals surface area contributed by atoms with Gasteiger partial charge in [-0.3, -0.25) is 4.99 Å². The Labute approximate surface area is 125 Å². The van der Waals surface area contributed by atoms with Crippen LogP contribution >= 0.6 is 0 Å². The number of nitrogens with one attached hydrogen (secondary N) is 2. The summed E-state index contributed by atoms with van der Waals surface area (Å²) in [4.78, 5) is 8.81. The Balaban J connectivity index is 1.57. The summed E-state index contributed by atoms with van der Waals surface area (Å²) in [5.41, 5.74) is 0. The van der Waals surface area contributed by atoms with Crippen molar-refractivity contribution in [1.82, 2.24) is 25.4 Å². The summed E-state index contributed by atoms with van der Waals surface area (Å²) in [6.07, 6.45) is 3.22. The van der Waals surface area contributed by atoms with E-state index < -0.39 is 0 Å². The molecule has 2 heterocycles. The van der Waals surface area contributed by atoms with Gasteiger partial charge in [-0.1, -0.05) is 6.92 Å². The zero-order valence-electron chi connectivity index (χ0n) is 13.0. The molecule has 3 unspecified atom stereocenters. The number of ether oxygens (including phenoxy) is 1. The number of fused-ring (bicyclic) bond motifs is 1. The number of aryl methyl sites for hydroxylation is 1. The summed E-state index contributed by atoms with van der Waals surface area (Å²) in [5.74, 6) is 3.48. The maximum absolute atomic E-state index is 5.09. The first kappa shape index (κ1) is 14.3. The zero-order chi connectivity index (χ0) is 14.8. The Morgan fingerprint density at radius 2 is 2.29 bits per heavy atom. The van der Waals surface area contributed by atoms with E-state index in [1.165, 1.54) is 6.42 Å². The minimum absolute atomic E-state index is 0.342. The lowest BCUT2D eigenvalue weighted by Crippen LogP contribution is -2.47. The van der Waals surface area contributed by atoms with Crippen LogP contribution in [0.3, 0.4) is 0 Å². The van der Waals surface area contributed by atoms with Crippen molar-refractivity contribution >= 4 is 5.96 Å². The lowest BCUT2D eigenvalue weighted by Gasteiger charge is -2.25. The van der Waals surface area contributed by atoms with E-state index in [-0.39, 0.29) is 0 Å². The fourth-order valence-corrected chi connectivity index (χ4v) is 2.73. The molecule has 0 radical (unpaired) electrons. The number of nitrogens with zero attached hydrogens (tertiary/aromatic N) is 4. The van der Waals surface area contributed by atoms with Crippen LogP contribution in [-0.2, 0) is 24.3 Å². The molecule has 21 heavy (non-hydrogen) atoms. The van der Waals surface area contributed by atoms with Crippen LogP contribution in [0.1, 0.15) is 31.4 Å². The normalized spacial score (nSPS) is 28.1. The second-order valence-electron chi connectivity index (χ2n) is 5.98. The highest BCUT2D eigenvalue weighted by Crippen LogP contribution is 2.28. The first-order valence-corrected chi connectivity index (χ1v) is 7.61. The fraction of sp³-hybridized carbons (Fsp3) is 0.786. The highest BCUT2D eigenvalue weighted by atomic mass is 16.5. The minimum atomic E-state index is 0.342. The molecule has 116 valence electrons. The van der Waals surface area contributed by atoms with Crippen molar-refractivity contribution in [3.8, 4) is 0 Å². The van der Waals surface area contributed by atoms with E-state index in [4.69, 9.17) is 4.74 Å². The summed E-state index contributed by atoms with van der Waals surface area (Å²) in [6, 6.07) is 0.921. The summed E-state index contributed by atoms with van der Waals surface area (Å²) < 4.78 is 7.08. The average Bonchev–Trinajstić information content (AvgIpc) is 3.00. The van der Waals surface area contributed by atoms with E-state index in [1.807, 2.05) is 11.7 Å². The highest BCUT2D eigenvalue weighted by molar-refractivity contribution is 5.80. The lowest BCUT2D eigenvalue weighted by atomic mass is 10.1. The van der Waals surface area contributed by atoms with Gasteiger partial charge in [-0.15, -0.1) is 0 Å². The van der Waals surface area contributed by atoms with Crippen LogP contribution < -0.4 is 10.6 Å². The third kappa shape index (κ3) is 3.34. The molecule has 0 aromatic carbocycles. The largest absolute Gasteiger partial charge is 0.377 e. The van der Waals surface area contributed by atoms with Crippen molar-refractivity contribution in [2.45, 2.75) is 51.4 Å². The number of guanidine groups is 1. The molecule has 1 aliphatic heterocycles. The van der Waals surface area contributed by atoms with E-state index >= 15 is 0 Å². The lowest BCUT2D eigenvalue weighted by molar-refractivity contribution is 0.177. The van der Waals surface area contributed by atoms with Crippen LogP contribution in [0.2, 0.25) is 0 Å². The molecule has 1 saturated carbocycles. The average molecular weight is 292 g/mol. The van der Waals surface area contributed by atoms with E-state index in [0.717, 1.165) is 42.9 Å². The molecule has 0 saturated heterocycles. The molecule has 0 spiro atoms. The first-order valence-electron chi connectivity index (χ1n) is 7.61. The number of methoxy groups -OCH3 is 1. The van der Waals surface area contributed by atoms with Crippen LogP contribution in [0, 0.1) is 5.92 Å². The topological polar surface area (TPSA) is 76.4 Å². The van der Waals surface area contributed by atoms with Crippen LogP contribution in [0.25, 0.3) is 0 Å². The SMILES string of the molecule is CN=C(NC1CCc2nc(COC)nn2C1)NC1CC1C. The van der Waals surface area contributed by atoms with Gasteiger partial charge in [0.15, 0.2) is 11.8 Å². The predicted molar refractivity (Wildman–Crippen MR) is 80.0 cm³/mol.